The zero-order chi connectivity index (χ0) is 9.07. The molecule has 0 fully saturated rings. The van der Waals surface area contributed by atoms with E-state index >= 15 is 0 Å². The van der Waals surface area contributed by atoms with E-state index < -0.39 is 0 Å². The minimum absolute atomic E-state index is 0.748. The highest BCUT2D eigenvalue weighted by molar-refractivity contribution is 4.83. The van der Waals surface area contributed by atoms with Crippen LogP contribution in [0.15, 0.2) is 12.7 Å². The van der Waals surface area contributed by atoms with Crippen LogP contribution in [-0.4, -0.2) is 26.3 Å². The summed E-state index contributed by atoms with van der Waals surface area (Å²) in [6, 6.07) is 0. The van der Waals surface area contributed by atoms with Crippen LogP contribution in [0.5, 0.6) is 0 Å². The molecule has 12 heavy (non-hydrogen) atoms. The Morgan fingerprint density at radius 1 is 1.42 bits per heavy atom. The molecule has 0 spiro atoms. The predicted molar refractivity (Wildman–Crippen MR) is 52.0 cm³/mol. The Morgan fingerprint density at radius 2 is 2.25 bits per heavy atom. The molecule has 0 rings (SSSR count). The summed E-state index contributed by atoms with van der Waals surface area (Å²) < 4.78 is 5.27. The molecule has 0 bridgehead atoms. The number of nitrogens with one attached hydrogen (secondary N) is 1. The maximum absolute atomic E-state index is 5.27. The molecule has 0 aliphatic rings. The van der Waals surface area contributed by atoms with Crippen LogP contribution >= 0.6 is 0 Å². The van der Waals surface area contributed by atoms with Crippen LogP contribution in [-0.2, 0) is 4.74 Å². The van der Waals surface area contributed by atoms with E-state index in [-0.39, 0.29) is 0 Å². The Bertz CT molecular complexity index is 137. The molecule has 0 aliphatic carbocycles. The fourth-order valence-corrected chi connectivity index (χ4v) is 0.699. The van der Waals surface area contributed by atoms with Gasteiger partial charge in [-0.15, -0.1) is 18.9 Å². The Morgan fingerprint density at radius 3 is 2.92 bits per heavy atom. The molecule has 1 N–H and O–H groups in total. The third-order valence-corrected chi connectivity index (χ3v) is 1.34. The molecule has 0 amide bonds. The van der Waals surface area contributed by atoms with Crippen LogP contribution in [0.25, 0.3) is 0 Å². The molecule has 68 valence electrons. The van der Waals surface area contributed by atoms with Gasteiger partial charge in [-0.25, -0.2) is 0 Å². The Hall–Kier alpha value is -0.780. The zero-order valence-electron chi connectivity index (χ0n) is 7.51. The number of terminal acetylenes is 1. The van der Waals surface area contributed by atoms with Gasteiger partial charge in [0.05, 0.1) is 13.2 Å². The summed E-state index contributed by atoms with van der Waals surface area (Å²) in [5.41, 5.74) is 0. The average Bonchev–Trinajstić information content (AvgIpc) is 2.10. The lowest BCUT2D eigenvalue weighted by Crippen LogP contribution is -2.20. The second kappa shape index (κ2) is 10.2. The first kappa shape index (κ1) is 11.2. The second-order valence-corrected chi connectivity index (χ2v) is 2.39. The van der Waals surface area contributed by atoms with Crippen molar-refractivity contribution >= 4 is 0 Å². The summed E-state index contributed by atoms with van der Waals surface area (Å²) in [5, 5.41) is 3.17. The van der Waals surface area contributed by atoms with Crippen molar-refractivity contribution in [1.29, 1.82) is 0 Å². The lowest BCUT2D eigenvalue weighted by molar-refractivity contribution is 0.141. The molecule has 2 nitrogen and oxygen atoms in total. The van der Waals surface area contributed by atoms with Crippen LogP contribution in [0.2, 0.25) is 0 Å². The molecule has 2 heteroatoms. The van der Waals surface area contributed by atoms with Crippen LogP contribution in [0, 0.1) is 12.3 Å². The van der Waals surface area contributed by atoms with Crippen LogP contribution in [0.4, 0.5) is 0 Å². The molecule has 0 saturated heterocycles. The van der Waals surface area contributed by atoms with Gasteiger partial charge in [-0.2, -0.15) is 0 Å². The molecule has 0 aromatic rings. The molecular formula is C10H17NO. The summed E-state index contributed by atoms with van der Waals surface area (Å²) in [4.78, 5) is 0. The van der Waals surface area contributed by atoms with Crippen LogP contribution < -0.4 is 5.32 Å². The van der Waals surface area contributed by atoms with Crippen molar-refractivity contribution in [1.82, 2.24) is 5.32 Å². The molecule has 0 aromatic heterocycles. The summed E-state index contributed by atoms with van der Waals surface area (Å²) in [6.45, 7) is 6.86. The number of rotatable bonds is 8. The van der Waals surface area contributed by atoms with Crippen molar-refractivity contribution in [3.8, 4) is 12.3 Å². The third kappa shape index (κ3) is 9.22. The van der Waals surface area contributed by atoms with E-state index in [0.29, 0.717) is 0 Å². The quantitative estimate of drug-likeness (QED) is 0.333. The predicted octanol–water partition coefficient (Wildman–Crippen LogP) is 1.19. The average molecular weight is 167 g/mol. The molecule has 0 atom stereocenters. The summed E-state index contributed by atoms with van der Waals surface area (Å²) >= 11 is 0. The highest BCUT2D eigenvalue weighted by Crippen LogP contribution is 1.81. The van der Waals surface area contributed by atoms with Crippen molar-refractivity contribution in [3.63, 3.8) is 0 Å². The van der Waals surface area contributed by atoms with Gasteiger partial charge in [-0.3, -0.25) is 0 Å². The second-order valence-electron chi connectivity index (χ2n) is 2.39. The molecule has 0 unspecified atom stereocenters. The Labute approximate surface area is 75.0 Å². The van der Waals surface area contributed by atoms with Crippen molar-refractivity contribution in [2.24, 2.45) is 0 Å². The molecule has 0 aliphatic heterocycles. The molecule has 0 aromatic carbocycles. The largest absolute Gasteiger partial charge is 0.380 e. The SMILES string of the molecule is C#CCCNCCOCCC=C. The van der Waals surface area contributed by atoms with E-state index in [0.717, 1.165) is 39.1 Å². The van der Waals surface area contributed by atoms with Crippen molar-refractivity contribution < 1.29 is 4.74 Å². The van der Waals surface area contributed by atoms with E-state index in [4.69, 9.17) is 11.2 Å². The number of hydrogen-bond acceptors (Lipinski definition) is 2. The fourth-order valence-electron chi connectivity index (χ4n) is 0.699. The monoisotopic (exact) mass is 167 g/mol. The van der Waals surface area contributed by atoms with Gasteiger partial charge in [0.15, 0.2) is 0 Å². The first-order valence-corrected chi connectivity index (χ1v) is 4.24. The summed E-state index contributed by atoms with van der Waals surface area (Å²) in [5.74, 6) is 2.56. The zero-order valence-corrected chi connectivity index (χ0v) is 7.51. The van der Waals surface area contributed by atoms with Gasteiger partial charge >= 0.3 is 0 Å². The smallest absolute Gasteiger partial charge is 0.0591 e. The molecule has 0 saturated carbocycles. The first-order valence-electron chi connectivity index (χ1n) is 4.24. The van der Waals surface area contributed by atoms with Gasteiger partial charge in [0, 0.05) is 19.5 Å². The van der Waals surface area contributed by atoms with Gasteiger partial charge in [-0.05, 0) is 6.42 Å². The Kier molecular flexibility index (Phi) is 9.56. The topological polar surface area (TPSA) is 21.3 Å². The van der Waals surface area contributed by atoms with Crippen molar-refractivity contribution in [2.75, 3.05) is 26.3 Å². The molecule has 0 heterocycles. The van der Waals surface area contributed by atoms with Crippen LogP contribution in [0.1, 0.15) is 12.8 Å². The number of ether oxygens (including phenoxy) is 1. The minimum atomic E-state index is 0.748. The van der Waals surface area contributed by atoms with Gasteiger partial charge in [0.1, 0.15) is 0 Å². The van der Waals surface area contributed by atoms with Gasteiger partial charge < -0.3 is 10.1 Å². The van der Waals surface area contributed by atoms with Gasteiger partial charge in [-0.1, -0.05) is 6.08 Å². The summed E-state index contributed by atoms with van der Waals surface area (Å²) in [7, 11) is 0. The third-order valence-electron chi connectivity index (χ3n) is 1.34. The molecular weight excluding hydrogens is 150 g/mol. The first-order chi connectivity index (χ1) is 5.91. The fraction of sp³-hybridized carbons (Fsp3) is 0.600. The van der Waals surface area contributed by atoms with Crippen molar-refractivity contribution in [3.05, 3.63) is 12.7 Å². The number of hydrogen-bond donors (Lipinski definition) is 1. The van der Waals surface area contributed by atoms with E-state index in [1.54, 1.807) is 0 Å². The van der Waals surface area contributed by atoms with E-state index in [1.807, 2.05) is 6.08 Å². The lowest BCUT2D eigenvalue weighted by atomic mass is 10.4. The Balaban J connectivity index is 2.82. The highest BCUT2D eigenvalue weighted by Gasteiger charge is 1.86. The molecule has 0 radical (unpaired) electrons. The standard InChI is InChI=1S/C10H17NO/c1-3-5-7-11-8-10-12-9-6-4-2/h1,4,11H,2,5-10H2. The maximum Gasteiger partial charge on any atom is 0.0591 e. The van der Waals surface area contributed by atoms with Crippen LogP contribution in [0.3, 0.4) is 0 Å². The van der Waals surface area contributed by atoms with Gasteiger partial charge in [0.25, 0.3) is 0 Å². The minimum Gasteiger partial charge on any atom is -0.380 e. The normalized spacial score (nSPS) is 9.25. The lowest BCUT2D eigenvalue weighted by Gasteiger charge is -2.02. The van der Waals surface area contributed by atoms with Gasteiger partial charge in [0.2, 0.25) is 0 Å². The van der Waals surface area contributed by atoms with E-state index in [1.165, 1.54) is 0 Å². The van der Waals surface area contributed by atoms with Crippen molar-refractivity contribution in [2.45, 2.75) is 12.8 Å². The van der Waals surface area contributed by atoms with E-state index in [2.05, 4.69) is 17.8 Å². The highest BCUT2D eigenvalue weighted by atomic mass is 16.5. The summed E-state index contributed by atoms with van der Waals surface area (Å²) in [6.07, 6.45) is 8.63. The maximum atomic E-state index is 5.27. The van der Waals surface area contributed by atoms with E-state index in [9.17, 15) is 0 Å².